The number of nitrogens with zero attached hydrogens (tertiary/aromatic N) is 2. The largest absolute Gasteiger partial charge is 0.494 e. The Morgan fingerprint density at radius 1 is 0.875 bits per heavy atom. The molecule has 1 aliphatic rings. The van der Waals surface area contributed by atoms with Gasteiger partial charge in [0.25, 0.3) is 0 Å². The van der Waals surface area contributed by atoms with Gasteiger partial charge in [-0.1, -0.05) is 12.1 Å². The number of amides is 4. The van der Waals surface area contributed by atoms with Crippen molar-refractivity contribution in [2.45, 2.75) is 52.5 Å². The fourth-order valence-electron chi connectivity index (χ4n) is 4.05. The van der Waals surface area contributed by atoms with Crippen LogP contribution in [0.1, 0.15) is 42.4 Å². The molecule has 1 aliphatic heterocycles. The van der Waals surface area contributed by atoms with E-state index in [9.17, 15) is 29.4 Å². The molecule has 12 nitrogen and oxygen atoms in total. The third-order valence-electron chi connectivity index (χ3n) is 6.74. The maximum absolute atomic E-state index is 12.1. The van der Waals surface area contributed by atoms with Crippen molar-refractivity contribution in [1.29, 1.82) is 0 Å². The van der Waals surface area contributed by atoms with Crippen molar-refractivity contribution in [2.75, 3.05) is 44.8 Å². The summed E-state index contributed by atoms with van der Waals surface area (Å²) in [6, 6.07) is 7.24. The van der Waals surface area contributed by atoms with Crippen LogP contribution < -0.4 is 10.6 Å². The molecule has 1 fully saturated rings. The van der Waals surface area contributed by atoms with E-state index in [1.807, 2.05) is 12.1 Å². The molecule has 4 N–H and O–H groups in total. The highest BCUT2D eigenvalue weighted by Crippen LogP contribution is 2.32. The van der Waals surface area contributed by atoms with Gasteiger partial charge in [0.1, 0.15) is 0 Å². The van der Waals surface area contributed by atoms with Crippen LogP contribution in [0.5, 0.6) is 11.8 Å². The monoisotopic (exact) mass is 558 g/mol. The van der Waals surface area contributed by atoms with Crippen LogP contribution >= 0.6 is 0 Å². The highest BCUT2D eigenvalue weighted by atomic mass is 16.5. The SMILES string of the molecule is Cc1c(C)c(O)n(CCC(=O)NCCOCCOCCC(=O)Nc2ccc(CCC(=O)N3CCC3=O)cc2)c1O. The second kappa shape index (κ2) is 15.0. The predicted octanol–water partition coefficient (Wildman–Crippen LogP) is 1.78. The highest BCUT2D eigenvalue weighted by Gasteiger charge is 2.29. The minimum atomic E-state index is -0.224. The van der Waals surface area contributed by atoms with Crippen LogP contribution in [0.15, 0.2) is 24.3 Å². The molecule has 0 spiro atoms. The zero-order chi connectivity index (χ0) is 29.1. The summed E-state index contributed by atoms with van der Waals surface area (Å²) in [6.07, 6.45) is 1.54. The lowest BCUT2D eigenvalue weighted by atomic mass is 10.1. The zero-order valence-corrected chi connectivity index (χ0v) is 23.0. The van der Waals surface area contributed by atoms with Crippen molar-refractivity contribution in [3.63, 3.8) is 0 Å². The maximum atomic E-state index is 12.1. The highest BCUT2D eigenvalue weighted by molar-refractivity contribution is 5.99. The molecule has 2 heterocycles. The van der Waals surface area contributed by atoms with Crippen molar-refractivity contribution >= 4 is 29.3 Å². The van der Waals surface area contributed by atoms with Crippen molar-refractivity contribution in [1.82, 2.24) is 14.8 Å². The number of hydrogen-bond acceptors (Lipinski definition) is 8. The van der Waals surface area contributed by atoms with E-state index in [4.69, 9.17) is 9.47 Å². The number of likely N-dealkylation sites (tertiary alicyclic amines) is 1. The topological polar surface area (TPSA) is 159 Å². The van der Waals surface area contributed by atoms with Gasteiger partial charge in [0.05, 0.1) is 32.8 Å². The van der Waals surface area contributed by atoms with Gasteiger partial charge in [-0.05, 0) is 38.0 Å². The van der Waals surface area contributed by atoms with E-state index in [1.165, 1.54) is 9.47 Å². The van der Waals surface area contributed by atoms with Crippen LogP contribution in [-0.2, 0) is 41.6 Å². The molecular weight excluding hydrogens is 520 g/mol. The molecule has 3 rings (SSSR count). The third kappa shape index (κ3) is 8.82. The van der Waals surface area contributed by atoms with Crippen molar-refractivity contribution in [3.8, 4) is 11.8 Å². The molecule has 1 aromatic heterocycles. The van der Waals surface area contributed by atoms with E-state index >= 15 is 0 Å². The Balaban J connectivity index is 1.17. The van der Waals surface area contributed by atoms with E-state index in [-0.39, 0.29) is 67.8 Å². The fourth-order valence-corrected chi connectivity index (χ4v) is 4.05. The minimum Gasteiger partial charge on any atom is -0.494 e. The molecule has 40 heavy (non-hydrogen) atoms. The number of benzene rings is 1. The summed E-state index contributed by atoms with van der Waals surface area (Å²) in [5, 5.41) is 25.5. The van der Waals surface area contributed by atoms with Crippen LogP contribution in [0.2, 0.25) is 0 Å². The summed E-state index contributed by atoms with van der Waals surface area (Å²) >= 11 is 0. The Kier molecular flexibility index (Phi) is 11.5. The zero-order valence-electron chi connectivity index (χ0n) is 23.0. The Morgan fingerprint density at radius 2 is 1.52 bits per heavy atom. The van der Waals surface area contributed by atoms with Gasteiger partial charge in [-0.15, -0.1) is 0 Å². The summed E-state index contributed by atoms with van der Waals surface area (Å²) in [4.78, 5) is 48.6. The fraction of sp³-hybridized carbons (Fsp3) is 0.500. The first-order chi connectivity index (χ1) is 19.2. The predicted molar refractivity (Wildman–Crippen MR) is 146 cm³/mol. The number of carbonyl (C=O) groups excluding carboxylic acids is 4. The summed E-state index contributed by atoms with van der Waals surface area (Å²) < 4.78 is 12.1. The molecule has 4 amide bonds. The van der Waals surface area contributed by atoms with Gasteiger partial charge < -0.3 is 30.3 Å². The number of β-lactam (4-membered cyclic amide) rings is 1. The van der Waals surface area contributed by atoms with Crippen LogP contribution in [0.4, 0.5) is 5.69 Å². The van der Waals surface area contributed by atoms with E-state index in [0.717, 1.165) is 5.56 Å². The van der Waals surface area contributed by atoms with Crippen LogP contribution in [0, 0.1) is 13.8 Å². The quantitative estimate of drug-likeness (QED) is 0.179. The Hall–Kier alpha value is -3.90. The van der Waals surface area contributed by atoms with Gasteiger partial charge in [-0.3, -0.25) is 28.6 Å². The Morgan fingerprint density at radius 3 is 2.12 bits per heavy atom. The lowest BCUT2D eigenvalue weighted by molar-refractivity contribution is -0.152. The molecule has 0 aliphatic carbocycles. The first-order valence-electron chi connectivity index (χ1n) is 13.4. The minimum absolute atomic E-state index is 0.0400. The smallest absolute Gasteiger partial charge is 0.230 e. The molecule has 12 heteroatoms. The van der Waals surface area contributed by atoms with Gasteiger partial charge >= 0.3 is 0 Å². The second-order valence-electron chi connectivity index (χ2n) is 9.56. The molecule has 218 valence electrons. The molecule has 1 aromatic carbocycles. The van der Waals surface area contributed by atoms with Crippen LogP contribution in [0.3, 0.4) is 0 Å². The number of nitrogens with one attached hydrogen (secondary N) is 2. The van der Waals surface area contributed by atoms with Crippen molar-refractivity contribution in [2.24, 2.45) is 0 Å². The van der Waals surface area contributed by atoms with E-state index in [2.05, 4.69) is 10.6 Å². The van der Waals surface area contributed by atoms with Crippen molar-refractivity contribution in [3.05, 3.63) is 41.0 Å². The van der Waals surface area contributed by atoms with Gasteiger partial charge in [-0.2, -0.15) is 0 Å². The van der Waals surface area contributed by atoms with E-state index < -0.39 is 0 Å². The number of hydrogen-bond donors (Lipinski definition) is 4. The molecule has 0 saturated carbocycles. The summed E-state index contributed by atoms with van der Waals surface area (Å²) in [7, 11) is 0. The normalized spacial score (nSPS) is 12.8. The van der Waals surface area contributed by atoms with Gasteiger partial charge in [0.15, 0.2) is 11.8 Å². The molecular formula is C28H38N4O8. The number of imide groups is 1. The second-order valence-corrected chi connectivity index (χ2v) is 9.56. The van der Waals surface area contributed by atoms with Gasteiger partial charge in [0, 0.05) is 55.7 Å². The Bertz CT molecular complexity index is 1170. The van der Waals surface area contributed by atoms with Crippen LogP contribution in [0.25, 0.3) is 0 Å². The van der Waals surface area contributed by atoms with Crippen molar-refractivity contribution < 1.29 is 38.9 Å². The molecule has 0 atom stereocenters. The summed E-state index contributed by atoms with van der Waals surface area (Å²) in [5.41, 5.74) is 2.77. The number of rotatable bonds is 16. The molecule has 2 aromatic rings. The molecule has 0 radical (unpaired) electrons. The third-order valence-corrected chi connectivity index (χ3v) is 6.74. The number of anilines is 1. The average Bonchev–Trinajstić information content (AvgIpc) is 3.11. The first-order valence-corrected chi connectivity index (χ1v) is 13.4. The summed E-state index contributed by atoms with van der Waals surface area (Å²) in [5.74, 6) is -0.755. The molecule has 0 bridgehead atoms. The maximum Gasteiger partial charge on any atom is 0.230 e. The van der Waals surface area contributed by atoms with Crippen LogP contribution in [-0.4, -0.2) is 82.8 Å². The van der Waals surface area contributed by atoms with E-state index in [0.29, 0.717) is 62.6 Å². The Labute approximate surface area is 233 Å². The lowest BCUT2D eigenvalue weighted by Gasteiger charge is -2.28. The number of aryl methyl sites for hydroxylation is 1. The standard InChI is InChI=1S/C28H38N4O8/c1-19-20(2)28(38)32(27(19)37)13-9-23(33)29-12-16-40-18-17-39-15-11-24(34)30-22-6-3-21(4-7-22)5-8-25(35)31-14-10-26(31)36/h3-4,6-7,37-38H,5,8-18H2,1-2H3,(H,29,33)(H,30,34). The number of carbonyl (C=O) groups is 4. The average molecular weight is 559 g/mol. The lowest BCUT2D eigenvalue weighted by Crippen LogP contribution is -2.47. The molecule has 1 saturated heterocycles. The molecule has 0 unspecified atom stereocenters. The first kappa shape index (κ1) is 30.6. The van der Waals surface area contributed by atoms with Gasteiger partial charge in [-0.25, -0.2) is 0 Å². The van der Waals surface area contributed by atoms with Gasteiger partial charge in [0.2, 0.25) is 23.6 Å². The number of ether oxygens (including phenoxy) is 2. The van der Waals surface area contributed by atoms with E-state index in [1.54, 1.807) is 26.0 Å². The number of aromatic hydroxyl groups is 2. The number of aromatic nitrogens is 1. The summed E-state index contributed by atoms with van der Waals surface area (Å²) in [6.45, 7) is 5.55.